The Labute approximate surface area is 110 Å². The van der Waals surface area contributed by atoms with E-state index in [-0.39, 0.29) is 5.41 Å². The Kier molecular flexibility index (Phi) is 4.25. The average Bonchev–Trinajstić information content (AvgIpc) is 2.44. The summed E-state index contributed by atoms with van der Waals surface area (Å²) in [6.45, 7) is 2.88. The van der Waals surface area contributed by atoms with Gasteiger partial charge in [-0.15, -0.1) is 0 Å². The SMILES string of the molecule is CCCCCCC1(C#N)CCOc2ccccc21. The number of fused-ring (bicyclic) bond motifs is 1. The summed E-state index contributed by atoms with van der Waals surface area (Å²) in [5, 5.41) is 9.64. The summed E-state index contributed by atoms with van der Waals surface area (Å²) in [6, 6.07) is 10.6. The first-order valence-corrected chi connectivity index (χ1v) is 6.96. The van der Waals surface area contributed by atoms with Crippen molar-refractivity contribution in [2.24, 2.45) is 0 Å². The van der Waals surface area contributed by atoms with E-state index >= 15 is 0 Å². The van der Waals surface area contributed by atoms with Crippen LogP contribution in [0.15, 0.2) is 24.3 Å². The van der Waals surface area contributed by atoms with Gasteiger partial charge in [0, 0.05) is 12.0 Å². The normalized spacial score (nSPS) is 21.8. The third-order valence-corrected chi connectivity index (χ3v) is 3.86. The quantitative estimate of drug-likeness (QED) is 0.726. The van der Waals surface area contributed by atoms with Gasteiger partial charge < -0.3 is 4.74 Å². The van der Waals surface area contributed by atoms with Crippen molar-refractivity contribution in [2.75, 3.05) is 6.61 Å². The summed E-state index contributed by atoms with van der Waals surface area (Å²) in [5.41, 5.74) is 0.776. The van der Waals surface area contributed by atoms with Crippen molar-refractivity contribution >= 4 is 0 Å². The lowest BCUT2D eigenvalue weighted by molar-refractivity contribution is 0.233. The average molecular weight is 243 g/mol. The van der Waals surface area contributed by atoms with Crippen LogP contribution in [0.2, 0.25) is 0 Å². The highest BCUT2D eigenvalue weighted by Crippen LogP contribution is 2.41. The molecule has 18 heavy (non-hydrogen) atoms. The number of nitrogens with zero attached hydrogens (tertiary/aromatic N) is 1. The van der Waals surface area contributed by atoms with Gasteiger partial charge in [-0.2, -0.15) is 5.26 Å². The van der Waals surface area contributed by atoms with E-state index in [1.165, 1.54) is 19.3 Å². The predicted octanol–water partition coefficient (Wildman–Crippen LogP) is 4.20. The molecule has 2 nitrogen and oxygen atoms in total. The van der Waals surface area contributed by atoms with Crippen LogP contribution in [0.25, 0.3) is 0 Å². The van der Waals surface area contributed by atoms with E-state index in [1.54, 1.807) is 0 Å². The van der Waals surface area contributed by atoms with Gasteiger partial charge >= 0.3 is 0 Å². The van der Waals surface area contributed by atoms with E-state index in [1.807, 2.05) is 18.2 Å². The van der Waals surface area contributed by atoms with Crippen LogP contribution in [-0.4, -0.2) is 6.61 Å². The van der Waals surface area contributed by atoms with Crippen molar-refractivity contribution in [1.82, 2.24) is 0 Å². The van der Waals surface area contributed by atoms with Gasteiger partial charge in [0.15, 0.2) is 0 Å². The Morgan fingerprint density at radius 3 is 2.89 bits per heavy atom. The molecular weight excluding hydrogens is 222 g/mol. The highest BCUT2D eigenvalue weighted by atomic mass is 16.5. The van der Waals surface area contributed by atoms with Crippen molar-refractivity contribution in [3.05, 3.63) is 29.8 Å². The van der Waals surface area contributed by atoms with E-state index in [4.69, 9.17) is 4.74 Å². The molecule has 0 aromatic heterocycles. The highest BCUT2D eigenvalue weighted by molar-refractivity contribution is 5.45. The van der Waals surface area contributed by atoms with E-state index in [9.17, 15) is 5.26 Å². The first kappa shape index (κ1) is 13.0. The van der Waals surface area contributed by atoms with E-state index in [2.05, 4.69) is 19.1 Å². The molecule has 1 aliphatic heterocycles. The molecular formula is C16H21NO. The fourth-order valence-corrected chi connectivity index (χ4v) is 2.74. The minimum absolute atomic E-state index is 0.317. The second-order valence-corrected chi connectivity index (χ2v) is 5.10. The fraction of sp³-hybridized carbons (Fsp3) is 0.562. The molecule has 1 atom stereocenters. The number of nitriles is 1. The summed E-state index contributed by atoms with van der Waals surface area (Å²) < 4.78 is 5.66. The lowest BCUT2D eigenvalue weighted by atomic mass is 9.73. The maximum Gasteiger partial charge on any atom is 0.124 e. The van der Waals surface area contributed by atoms with Gasteiger partial charge in [0.2, 0.25) is 0 Å². The molecule has 1 aromatic rings. The smallest absolute Gasteiger partial charge is 0.124 e. The minimum atomic E-state index is -0.317. The molecule has 1 aromatic carbocycles. The lowest BCUT2D eigenvalue weighted by Crippen LogP contribution is -2.31. The van der Waals surface area contributed by atoms with Gasteiger partial charge in [0.05, 0.1) is 18.1 Å². The zero-order chi connectivity index (χ0) is 12.8. The Morgan fingerprint density at radius 1 is 1.28 bits per heavy atom. The molecule has 2 rings (SSSR count). The monoisotopic (exact) mass is 243 g/mol. The van der Waals surface area contributed by atoms with Crippen LogP contribution in [0.4, 0.5) is 0 Å². The van der Waals surface area contributed by atoms with Crippen LogP contribution in [0.5, 0.6) is 5.75 Å². The summed E-state index contributed by atoms with van der Waals surface area (Å²) in [6.07, 6.45) is 6.65. The third kappa shape index (κ3) is 2.51. The highest BCUT2D eigenvalue weighted by Gasteiger charge is 2.37. The maximum atomic E-state index is 9.64. The van der Waals surface area contributed by atoms with Crippen molar-refractivity contribution in [3.63, 3.8) is 0 Å². The van der Waals surface area contributed by atoms with Gasteiger partial charge in [-0.1, -0.05) is 50.8 Å². The molecule has 0 spiro atoms. The molecule has 0 amide bonds. The molecule has 0 fully saturated rings. The van der Waals surface area contributed by atoms with E-state index in [0.717, 1.165) is 30.6 Å². The largest absolute Gasteiger partial charge is 0.493 e. The van der Waals surface area contributed by atoms with Gasteiger partial charge in [0.1, 0.15) is 5.75 Å². The molecule has 2 heteroatoms. The van der Waals surface area contributed by atoms with E-state index in [0.29, 0.717) is 6.61 Å². The van der Waals surface area contributed by atoms with Crippen molar-refractivity contribution in [1.29, 1.82) is 5.26 Å². The van der Waals surface area contributed by atoms with Crippen molar-refractivity contribution < 1.29 is 4.74 Å². The van der Waals surface area contributed by atoms with Gasteiger partial charge in [-0.05, 0) is 12.5 Å². The van der Waals surface area contributed by atoms with Crippen molar-refractivity contribution in [3.8, 4) is 11.8 Å². The van der Waals surface area contributed by atoms with Gasteiger partial charge in [-0.25, -0.2) is 0 Å². The Balaban J connectivity index is 2.15. The lowest BCUT2D eigenvalue weighted by Gasteiger charge is -2.33. The van der Waals surface area contributed by atoms with Crippen LogP contribution in [0, 0.1) is 11.3 Å². The number of para-hydroxylation sites is 1. The molecule has 0 N–H and O–H groups in total. The second-order valence-electron chi connectivity index (χ2n) is 5.10. The Morgan fingerprint density at radius 2 is 2.11 bits per heavy atom. The zero-order valence-electron chi connectivity index (χ0n) is 11.1. The standard InChI is InChI=1S/C16H21NO/c1-2-3-4-7-10-16(13-17)11-12-18-15-9-6-5-8-14(15)16/h5-6,8-9H,2-4,7,10-12H2,1H3. The number of unbranched alkanes of at least 4 members (excludes halogenated alkanes) is 3. The number of hydrogen-bond donors (Lipinski definition) is 0. The molecule has 1 heterocycles. The molecule has 0 aliphatic carbocycles. The Hall–Kier alpha value is -1.49. The summed E-state index contributed by atoms with van der Waals surface area (Å²) in [5.74, 6) is 0.904. The second kappa shape index (κ2) is 5.91. The topological polar surface area (TPSA) is 33.0 Å². The van der Waals surface area contributed by atoms with Crippen LogP contribution in [-0.2, 0) is 5.41 Å². The minimum Gasteiger partial charge on any atom is -0.493 e. The molecule has 1 aliphatic rings. The summed E-state index contributed by atoms with van der Waals surface area (Å²) in [4.78, 5) is 0. The number of rotatable bonds is 5. The molecule has 0 saturated carbocycles. The van der Waals surface area contributed by atoms with Gasteiger partial charge in [-0.3, -0.25) is 0 Å². The van der Waals surface area contributed by atoms with Crippen LogP contribution >= 0.6 is 0 Å². The van der Waals surface area contributed by atoms with Crippen LogP contribution < -0.4 is 4.74 Å². The number of benzene rings is 1. The number of ether oxygens (including phenoxy) is 1. The molecule has 96 valence electrons. The number of hydrogen-bond acceptors (Lipinski definition) is 2. The molecule has 1 unspecified atom stereocenters. The summed E-state index contributed by atoms with van der Waals surface area (Å²) >= 11 is 0. The van der Waals surface area contributed by atoms with Crippen molar-refractivity contribution in [2.45, 2.75) is 50.9 Å². The Bertz CT molecular complexity index is 435. The van der Waals surface area contributed by atoms with Gasteiger partial charge in [0.25, 0.3) is 0 Å². The third-order valence-electron chi connectivity index (χ3n) is 3.86. The predicted molar refractivity (Wildman–Crippen MR) is 72.6 cm³/mol. The van der Waals surface area contributed by atoms with Crippen LogP contribution in [0.1, 0.15) is 51.0 Å². The van der Waals surface area contributed by atoms with E-state index < -0.39 is 0 Å². The first-order valence-electron chi connectivity index (χ1n) is 6.96. The summed E-state index contributed by atoms with van der Waals surface area (Å²) in [7, 11) is 0. The fourth-order valence-electron chi connectivity index (χ4n) is 2.74. The zero-order valence-corrected chi connectivity index (χ0v) is 11.1. The van der Waals surface area contributed by atoms with Crippen LogP contribution in [0.3, 0.4) is 0 Å². The maximum absolute atomic E-state index is 9.64. The molecule has 0 radical (unpaired) electrons. The molecule has 0 saturated heterocycles. The first-order chi connectivity index (χ1) is 8.82. The molecule has 0 bridgehead atoms.